The van der Waals surface area contributed by atoms with Crippen LogP contribution in [0.2, 0.25) is 0 Å². The second kappa shape index (κ2) is 3.65. The first kappa shape index (κ1) is 9.95. The van der Waals surface area contributed by atoms with Crippen molar-refractivity contribution in [3.63, 3.8) is 0 Å². The number of rotatable bonds is 0. The predicted octanol–water partition coefficient (Wildman–Crippen LogP) is 3.86. The van der Waals surface area contributed by atoms with Gasteiger partial charge in [-0.1, -0.05) is 23.8 Å². The number of allylic oxidation sites excluding steroid dienone is 1. The van der Waals surface area contributed by atoms with Gasteiger partial charge in [-0.25, -0.2) is 0 Å². The van der Waals surface area contributed by atoms with Crippen molar-refractivity contribution in [2.24, 2.45) is 5.92 Å². The van der Waals surface area contributed by atoms with Crippen LogP contribution in [-0.4, -0.2) is 6.54 Å². The Kier molecular flexibility index (Phi) is 2.27. The molecule has 1 heterocycles. The molecule has 1 heteroatoms. The van der Waals surface area contributed by atoms with Crippen molar-refractivity contribution < 1.29 is 0 Å². The molecular weight excluding hydrogens is 194 g/mol. The molecule has 1 nitrogen and oxygen atoms in total. The van der Waals surface area contributed by atoms with E-state index in [9.17, 15) is 0 Å². The van der Waals surface area contributed by atoms with Gasteiger partial charge < -0.3 is 5.32 Å². The summed E-state index contributed by atoms with van der Waals surface area (Å²) < 4.78 is 0. The van der Waals surface area contributed by atoms with Gasteiger partial charge in [0.15, 0.2) is 0 Å². The van der Waals surface area contributed by atoms with Crippen LogP contribution >= 0.6 is 0 Å². The van der Waals surface area contributed by atoms with Crippen LogP contribution in [0.4, 0.5) is 5.69 Å². The second-order valence-electron chi connectivity index (χ2n) is 5.29. The predicted molar refractivity (Wildman–Crippen MR) is 68.9 cm³/mol. The van der Waals surface area contributed by atoms with Crippen LogP contribution in [0.25, 0.3) is 0 Å². The number of benzene rings is 1. The molecule has 16 heavy (non-hydrogen) atoms. The van der Waals surface area contributed by atoms with Gasteiger partial charge in [0.05, 0.1) is 0 Å². The van der Waals surface area contributed by atoms with Gasteiger partial charge >= 0.3 is 0 Å². The fourth-order valence-electron chi connectivity index (χ4n) is 3.12. The molecule has 1 N–H and O–H groups in total. The lowest BCUT2D eigenvalue weighted by Gasteiger charge is -2.36. The smallest absolute Gasteiger partial charge is 0.0378 e. The quantitative estimate of drug-likeness (QED) is 0.645. The lowest BCUT2D eigenvalue weighted by molar-refractivity contribution is 0.454. The van der Waals surface area contributed by atoms with Gasteiger partial charge in [0.25, 0.3) is 0 Å². The third-order valence-corrected chi connectivity index (χ3v) is 4.00. The summed E-state index contributed by atoms with van der Waals surface area (Å²) in [5.74, 6) is 1.46. The topological polar surface area (TPSA) is 12.0 Å². The molecule has 0 bridgehead atoms. The van der Waals surface area contributed by atoms with Crippen molar-refractivity contribution in [3.05, 3.63) is 41.0 Å². The second-order valence-corrected chi connectivity index (χ2v) is 5.29. The normalized spacial score (nSPS) is 27.5. The summed E-state index contributed by atoms with van der Waals surface area (Å²) in [6.45, 7) is 5.54. The average molecular weight is 213 g/mol. The molecule has 1 aromatic carbocycles. The fraction of sp³-hybridized carbons (Fsp3) is 0.467. The highest BCUT2D eigenvalue weighted by atomic mass is 14.9. The first-order valence-corrected chi connectivity index (χ1v) is 6.26. The van der Waals surface area contributed by atoms with E-state index in [1.54, 1.807) is 5.57 Å². The summed E-state index contributed by atoms with van der Waals surface area (Å²) in [4.78, 5) is 0. The summed E-state index contributed by atoms with van der Waals surface area (Å²) in [6, 6.07) is 6.85. The van der Waals surface area contributed by atoms with Gasteiger partial charge in [0.1, 0.15) is 0 Å². The highest BCUT2D eigenvalue weighted by molar-refractivity contribution is 5.57. The van der Waals surface area contributed by atoms with Gasteiger partial charge in [-0.15, -0.1) is 0 Å². The summed E-state index contributed by atoms with van der Waals surface area (Å²) in [6.07, 6.45) is 5.07. The van der Waals surface area contributed by atoms with Crippen molar-refractivity contribution in [2.45, 2.75) is 32.6 Å². The van der Waals surface area contributed by atoms with Crippen molar-refractivity contribution in [2.75, 3.05) is 11.9 Å². The maximum Gasteiger partial charge on any atom is 0.0378 e. The molecule has 1 aliphatic heterocycles. The first-order chi connectivity index (χ1) is 7.74. The Morgan fingerprint density at radius 2 is 2.12 bits per heavy atom. The van der Waals surface area contributed by atoms with Crippen LogP contribution in [0.5, 0.6) is 0 Å². The molecule has 0 amide bonds. The summed E-state index contributed by atoms with van der Waals surface area (Å²) in [7, 11) is 0. The van der Waals surface area contributed by atoms with Gasteiger partial charge in [-0.3, -0.25) is 0 Å². The third kappa shape index (κ3) is 1.55. The van der Waals surface area contributed by atoms with Crippen LogP contribution < -0.4 is 5.32 Å². The van der Waals surface area contributed by atoms with Crippen LogP contribution in [0, 0.1) is 12.8 Å². The van der Waals surface area contributed by atoms with E-state index >= 15 is 0 Å². The van der Waals surface area contributed by atoms with Gasteiger partial charge in [-0.05, 0) is 49.8 Å². The number of aryl methyl sites for hydroxylation is 1. The molecule has 0 saturated carbocycles. The minimum absolute atomic E-state index is 0.712. The van der Waals surface area contributed by atoms with E-state index < -0.39 is 0 Å². The Balaban J connectivity index is 2.01. The molecule has 0 radical (unpaired) electrons. The van der Waals surface area contributed by atoms with Crippen LogP contribution in [0.1, 0.15) is 36.8 Å². The Labute approximate surface area is 97.6 Å². The van der Waals surface area contributed by atoms with Crippen molar-refractivity contribution in [1.29, 1.82) is 0 Å². The van der Waals surface area contributed by atoms with Crippen LogP contribution in [-0.2, 0) is 0 Å². The number of hydrogen-bond acceptors (Lipinski definition) is 1. The highest BCUT2D eigenvalue weighted by Gasteiger charge is 2.30. The van der Waals surface area contributed by atoms with Gasteiger partial charge in [0, 0.05) is 18.2 Å². The number of fused-ring (bicyclic) bond motifs is 3. The summed E-state index contributed by atoms with van der Waals surface area (Å²) >= 11 is 0. The zero-order valence-electron chi connectivity index (χ0n) is 10.1. The number of nitrogens with one attached hydrogen (secondary N) is 1. The number of hydrogen-bond donors (Lipinski definition) is 1. The summed E-state index contributed by atoms with van der Waals surface area (Å²) in [5, 5.41) is 3.58. The van der Waals surface area contributed by atoms with Gasteiger partial charge in [0.2, 0.25) is 0 Å². The Morgan fingerprint density at radius 3 is 3.00 bits per heavy atom. The molecule has 2 aliphatic rings. The van der Waals surface area contributed by atoms with Crippen LogP contribution in [0.15, 0.2) is 29.8 Å². The lowest BCUT2D eigenvalue weighted by atomic mass is 9.74. The van der Waals surface area contributed by atoms with E-state index in [0.29, 0.717) is 5.92 Å². The molecule has 84 valence electrons. The fourth-order valence-corrected chi connectivity index (χ4v) is 3.12. The SMILES string of the molecule is CC1=CC2CNc3cc(C)ccc3C2CC1. The summed E-state index contributed by atoms with van der Waals surface area (Å²) in [5.41, 5.74) is 5.82. The maximum absolute atomic E-state index is 3.58. The maximum atomic E-state index is 3.58. The molecule has 1 aromatic rings. The van der Waals surface area contributed by atoms with E-state index in [1.807, 2.05) is 0 Å². The van der Waals surface area contributed by atoms with E-state index in [2.05, 4.69) is 43.4 Å². The lowest BCUT2D eigenvalue weighted by Crippen LogP contribution is -2.28. The first-order valence-electron chi connectivity index (χ1n) is 6.26. The molecule has 0 aromatic heterocycles. The Bertz CT molecular complexity index is 445. The third-order valence-electron chi connectivity index (χ3n) is 4.00. The van der Waals surface area contributed by atoms with Crippen molar-refractivity contribution in [3.8, 4) is 0 Å². The molecule has 3 rings (SSSR count). The number of anilines is 1. The molecule has 0 saturated heterocycles. The molecule has 2 unspecified atom stereocenters. The Hall–Kier alpha value is -1.24. The minimum atomic E-state index is 0.712. The van der Waals surface area contributed by atoms with Crippen LogP contribution in [0.3, 0.4) is 0 Å². The molecular formula is C15H19N. The molecule has 0 spiro atoms. The highest BCUT2D eigenvalue weighted by Crippen LogP contribution is 2.42. The van der Waals surface area contributed by atoms with E-state index in [0.717, 1.165) is 12.5 Å². The Morgan fingerprint density at radius 1 is 1.25 bits per heavy atom. The molecule has 2 atom stereocenters. The monoisotopic (exact) mass is 213 g/mol. The van der Waals surface area contributed by atoms with Crippen molar-refractivity contribution in [1.82, 2.24) is 0 Å². The molecule has 0 fully saturated rings. The standard InChI is InChI=1S/C15H19N/c1-10-3-5-13-12(7-10)9-16-15-8-11(2)4-6-14(13)15/h4,6-8,12-13,16H,3,5,9H2,1-2H3. The zero-order chi connectivity index (χ0) is 11.1. The average Bonchev–Trinajstić information content (AvgIpc) is 2.28. The van der Waals surface area contributed by atoms with Crippen molar-refractivity contribution >= 4 is 5.69 Å². The largest absolute Gasteiger partial charge is 0.384 e. The van der Waals surface area contributed by atoms with E-state index in [-0.39, 0.29) is 0 Å². The molecule has 1 aliphatic carbocycles. The zero-order valence-corrected chi connectivity index (χ0v) is 10.1. The van der Waals surface area contributed by atoms with E-state index in [4.69, 9.17) is 0 Å². The van der Waals surface area contributed by atoms with E-state index in [1.165, 1.54) is 29.7 Å². The van der Waals surface area contributed by atoms with Gasteiger partial charge in [-0.2, -0.15) is 0 Å². The minimum Gasteiger partial charge on any atom is -0.384 e.